The Morgan fingerprint density at radius 2 is 2.19 bits per heavy atom. The largest absolute Gasteiger partial charge is 0.369 e. The maximum atomic E-state index is 6.00. The average Bonchev–Trinajstić information content (AvgIpc) is 2.98. The van der Waals surface area contributed by atoms with Crippen molar-refractivity contribution in [2.75, 3.05) is 5.73 Å². The maximum Gasteiger partial charge on any atom is 0.201 e. The number of hydrogen-bond donors (Lipinski definition) is 1. The van der Waals surface area contributed by atoms with Crippen LogP contribution in [0, 0.1) is 5.92 Å². The van der Waals surface area contributed by atoms with E-state index in [4.69, 9.17) is 5.73 Å². The SMILES string of the molecule is CC(CC1CC1)n1c(N)nc2ccccc21. The second kappa shape index (κ2) is 3.51. The van der Waals surface area contributed by atoms with Crippen molar-refractivity contribution in [3.8, 4) is 0 Å². The zero-order chi connectivity index (χ0) is 11.1. The molecule has 2 aromatic rings. The molecule has 16 heavy (non-hydrogen) atoms. The van der Waals surface area contributed by atoms with Gasteiger partial charge in [0, 0.05) is 6.04 Å². The van der Waals surface area contributed by atoms with Crippen LogP contribution in [-0.4, -0.2) is 9.55 Å². The Morgan fingerprint density at radius 1 is 1.44 bits per heavy atom. The Kier molecular flexibility index (Phi) is 2.13. The molecule has 0 saturated heterocycles. The van der Waals surface area contributed by atoms with Gasteiger partial charge in [-0.15, -0.1) is 0 Å². The van der Waals surface area contributed by atoms with Crippen LogP contribution in [0.3, 0.4) is 0 Å². The number of hydrogen-bond acceptors (Lipinski definition) is 2. The Morgan fingerprint density at radius 3 is 2.94 bits per heavy atom. The monoisotopic (exact) mass is 215 g/mol. The predicted octanol–water partition coefficient (Wildman–Crippen LogP) is 2.98. The zero-order valence-corrected chi connectivity index (χ0v) is 9.56. The first-order chi connectivity index (χ1) is 7.75. The van der Waals surface area contributed by atoms with Crippen molar-refractivity contribution in [1.29, 1.82) is 0 Å². The van der Waals surface area contributed by atoms with E-state index in [-0.39, 0.29) is 0 Å². The molecule has 1 heterocycles. The minimum atomic E-state index is 0.458. The highest BCUT2D eigenvalue weighted by atomic mass is 15.2. The highest BCUT2D eigenvalue weighted by Gasteiger charge is 2.25. The number of para-hydroxylation sites is 2. The van der Waals surface area contributed by atoms with Crippen LogP contribution >= 0.6 is 0 Å². The molecule has 0 spiro atoms. The highest BCUT2D eigenvalue weighted by Crippen LogP contribution is 2.38. The summed E-state index contributed by atoms with van der Waals surface area (Å²) in [6.45, 7) is 2.24. The number of benzene rings is 1. The van der Waals surface area contributed by atoms with Gasteiger partial charge >= 0.3 is 0 Å². The first-order valence-corrected chi connectivity index (χ1v) is 5.98. The summed E-state index contributed by atoms with van der Waals surface area (Å²) < 4.78 is 2.17. The topological polar surface area (TPSA) is 43.8 Å². The van der Waals surface area contributed by atoms with E-state index in [0.717, 1.165) is 17.0 Å². The summed E-state index contributed by atoms with van der Waals surface area (Å²) in [5, 5.41) is 0. The zero-order valence-electron chi connectivity index (χ0n) is 9.56. The standard InChI is InChI=1S/C13H17N3/c1-9(8-10-6-7-10)16-12-5-3-2-4-11(12)15-13(16)14/h2-5,9-10H,6-8H2,1H3,(H2,14,15). The van der Waals surface area contributed by atoms with E-state index in [1.54, 1.807) is 0 Å². The molecule has 0 aliphatic heterocycles. The Labute approximate surface area is 95.3 Å². The second-order valence-electron chi connectivity index (χ2n) is 4.86. The van der Waals surface area contributed by atoms with Crippen LogP contribution in [0.2, 0.25) is 0 Å². The lowest BCUT2D eigenvalue weighted by Gasteiger charge is -2.15. The predicted molar refractivity (Wildman–Crippen MR) is 66.2 cm³/mol. The molecule has 0 radical (unpaired) electrons. The van der Waals surface area contributed by atoms with Crippen molar-refractivity contribution in [3.05, 3.63) is 24.3 Å². The first kappa shape index (κ1) is 9.70. The summed E-state index contributed by atoms with van der Waals surface area (Å²) in [6.07, 6.45) is 4.00. The molecule has 1 unspecified atom stereocenters. The molecule has 1 fully saturated rings. The molecular weight excluding hydrogens is 198 g/mol. The van der Waals surface area contributed by atoms with Crippen molar-refractivity contribution in [3.63, 3.8) is 0 Å². The van der Waals surface area contributed by atoms with E-state index in [0.29, 0.717) is 12.0 Å². The Hall–Kier alpha value is -1.51. The number of imidazole rings is 1. The molecule has 3 rings (SSSR count). The molecule has 1 aromatic carbocycles. The number of anilines is 1. The third-order valence-corrected chi connectivity index (χ3v) is 3.44. The lowest BCUT2D eigenvalue weighted by molar-refractivity contribution is 0.492. The van der Waals surface area contributed by atoms with E-state index < -0.39 is 0 Å². The van der Waals surface area contributed by atoms with Crippen LogP contribution in [0.1, 0.15) is 32.2 Å². The molecule has 1 aromatic heterocycles. The fourth-order valence-corrected chi connectivity index (χ4v) is 2.47. The van der Waals surface area contributed by atoms with Gasteiger partial charge in [0.05, 0.1) is 11.0 Å². The number of nitrogens with two attached hydrogens (primary N) is 1. The highest BCUT2D eigenvalue weighted by molar-refractivity contribution is 5.78. The van der Waals surface area contributed by atoms with E-state index in [2.05, 4.69) is 22.5 Å². The summed E-state index contributed by atoms with van der Waals surface area (Å²) >= 11 is 0. The van der Waals surface area contributed by atoms with Gasteiger partial charge in [-0.1, -0.05) is 25.0 Å². The van der Waals surface area contributed by atoms with Gasteiger partial charge in [0.2, 0.25) is 5.95 Å². The van der Waals surface area contributed by atoms with Crippen molar-refractivity contribution < 1.29 is 0 Å². The van der Waals surface area contributed by atoms with Gasteiger partial charge in [0.25, 0.3) is 0 Å². The number of fused-ring (bicyclic) bond motifs is 1. The quantitative estimate of drug-likeness (QED) is 0.855. The van der Waals surface area contributed by atoms with Gasteiger partial charge in [0.15, 0.2) is 0 Å². The lowest BCUT2D eigenvalue weighted by atomic mass is 10.1. The van der Waals surface area contributed by atoms with Crippen LogP contribution in [0.15, 0.2) is 24.3 Å². The third-order valence-electron chi connectivity index (χ3n) is 3.44. The molecule has 1 aliphatic carbocycles. The minimum absolute atomic E-state index is 0.458. The summed E-state index contributed by atoms with van der Waals surface area (Å²) in [6, 6.07) is 8.63. The molecule has 1 saturated carbocycles. The number of aromatic nitrogens is 2. The molecule has 3 heteroatoms. The van der Waals surface area contributed by atoms with Crippen LogP contribution < -0.4 is 5.73 Å². The van der Waals surface area contributed by atoms with Crippen LogP contribution in [0.4, 0.5) is 5.95 Å². The molecule has 3 nitrogen and oxygen atoms in total. The van der Waals surface area contributed by atoms with Crippen LogP contribution in [0.5, 0.6) is 0 Å². The Balaban J connectivity index is 2.03. The van der Waals surface area contributed by atoms with Crippen LogP contribution in [-0.2, 0) is 0 Å². The van der Waals surface area contributed by atoms with E-state index >= 15 is 0 Å². The lowest BCUT2D eigenvalue weighted by Crippen LogP contribution is -2.09. The van der Waals surface area contributed by atoms with Gasteiger partial charge in [-0.05, 0) is 31.4 Å². The Bertz CT molecular complexity index is 511. The molecular formula is C13H17N3. The van der Waals surface area contributed by atoms with Gasteiger partial charge in [-0.2, -0.15) is 0 Å². The van der Waals surface area contributed by atoms with Crippen molar-refractivity contribution in [2.24, 2.45) is 5.92 Å². The smallest absolute Gasteiger partial charge is 0.201 e. The molecule has 0 amide bonds. The molecule has 1 aliphatic rings. The average molecular weight is 215 g/mol. The van der Waals surface area contributed by atoms with Gasteiger partial charge in [-0.3, -0.25) is 0 Å². The molecule has 84 valence electrons. The van der Waals surface area contributed by atoms with E-state index in [1.165, 1.54) is 19.3 Å². The van der Waals surface area contributed by atoms with Gasteiger partial charge in [0.1, 0.15) is 0 Å². The third kappa shape index (κ3) is 1.56. The summed E-state index contributed by atoms with van der Waals surface area (Å²) in [5.41, 5.74) is 8.17. The van der Waals surface area contributed by atoms with Crippen LogP contribution in [0.25, 0.3) is 11.0 Å². The summed E-state index contributed by atoms with van der Waals surface area (Å²) in [4.78, 5) is 4.40. The fraction of sp³-hybridized carbons (Fsp3) is 0.462. The number of rotatable bonds is 3. The molecule has 0 bridgehead atoms. The number of nitrogen functional groups attached to an aromatic ring is 1. The minimum Gasteiger partial charge on any atom is -0.369 e. The maximum absolute atomic E-state index is 6.00. The normalized spacial score (nSPS) is 17.8. The van der Waals surface area contributed by atoms with E-state index in [9.17, 15) is 0 Å². The van der Waals surface area contributed by atoms with E-state index in [1.807, 2.05) is 18.2 Å². The van der Waals surface area contributed by atoms with Crippen molar-refractivity contribution in [1.82, 2.24) is 9.55 Å². The summed E-state index contributed by atoms with van der Waals surface area (Å²) in [5.74, 6) is 1.56. The summed E-state index contributed by atoms with van der Waals surface area (Å²) in [7, 11) is 0. The second-order valence-corrected chi connectivity index (χ2v) is 4.86. The van der Waals surface area contributed by atoms with Gasteiger partial charge < -0.3 is 10.3 Å². The fourth-order valence-electron chi connectivity index (χ4n) is 2.47. The van der Waals surface area contributed by atoms with Crippen molar-refractivity contribution in [2.45, 2.75) is 32.2 Å². The first-order valence-electron chi connectivity index (χ1n) is 5.98. The molecule has 1 atom stereocenters. The molecule has 2 N–H and O–H groups in total. The van der Waals surface area contributed by atoms with Crippen molar-refractivity contribution >= 4 is 17.0 Å². The van der Waals surface area contributed by atoms with Gasteiger partial charge in [-0.25, -0.2) is 4.98 Å². The number of nitrogens with zero attached hydrogens (tertiary/aromatic N) is 2.